The molecular weight excluding hydrogens is 282 g/mol. The fourth-order valence-corrected chi connectivity index (χ4v) is 2.32. The Balaban J connectivity index is 1.83. The van der Waals surface area contributed by atoms with Gasteiger partial charge >= 0.3 is 0 Å². The quantitative estimate of drug-likeness (QED) is 0.670. The van der Waals surface area contributed by atoms with E-state index < -0.39 is 0 Å². The Labute approximate surface area is 135 Å². The van der Waals surface area contributed by atoms with Crippen molar-refractivity contribution in [2.45, 2.75) is 6.42 Å². The standard InChI is InChI=1S/C20H15N3/c1-2-3-15-4-8-17(9-5-15)19-13-22-20(23-14-19)18-10-6-16(12-21)7-11-18/h2,4-11,13-14H,1,3H2. The smallest absolute Gasteiger partial charge is 0.159 e. The van der Waals surface area contributed by atoms with E-state index in [1.54, 1.807) is 12.1 Å². The number of rotatable bonds is 4. The molecule has 3 aromatic rings. The summed E-state index contributed by atoms with van der Waals surface area (Å²) in [6.07, 6.45) is 6.41. The summed E-state index contributed by atoms with van der Waals surface area (Å²) in [6.45, 7) is 3.75. The van der Waals surface area contributed by atoms with Crippen molar-refractivity contribution in [1.29, 1.82) is 5.26 Å². The Morgan fingerprint density at radius 2 is 1.48 bits per heavy atom. The minimum Gasteiger partial charge on any atom is -0.236 e. The fraction of sp³-hybridized carbons (Fsp3) is 0.0500. The summed E-state index contributed by atoms with van der Waals surface area (Å²) >= 11 is 0. The van der Waals surface area contributed by atoms with E-state index in [0.29, 0.717) is 11.4 Å². The number of aromatic nitrogens is 2. The van der Waals surface area contributed by atoms with Crippen LogP contribution >= 0.6 is 0 Å². The largest absolute Gasteiger partial charge is 0.236 e. The summed E-state index contributed by atoms with van der Waals surface area (Å²) in [5.41, 5.74) is 4.83. The van der Waals surface area contributed by atoms with Gasteiger partial charge in [0.25, 0.3) is 0 Å². The average Bonchev–Trinajstić information content (AvgIpc) is 2.63. The van der Waals surface area contributed by atoms with Crippen molar-refractivity contribution in [2.75, 3.05) is 0 Å². The third kappa shape index (κ3) is 3.33. The van der Waals surface area contributed by atoms with Crippen LogP contribution in [0.4, 0.5) is 0 Å². The second-order valence-electron chi connectivity index (χ2n) is 5.17. The molecule has 0 aliphatic rings. The van der Waals surface area contributed by atoms with Crippen LogP contribution in [0.3, 0.4) is 0 Å². The lowest BCUT2D eigenvalue weighted by Crippen LogP contribution is -1.90. The molecule has 3 heteroatoms. The van der Waals surface area contributed by atoms with Gasteiger partial charge in [-0.1, -0.05) is 30.3 Å². The van der Waals surface area contributed by atoms with Crippen LogP contribution in [0.5, 0.6) is 0 Å². The molecule has 0 aliphatic carbocycles. The summed E-state index contributed by atoms with van der Waals surface area (Å²) in [5, 5.41) is 8.83. The SMILES string of the molecule is C=CCc1ccc(-c2cnc(-c3ccc(C#N)cc3)nc2)cc1. The normalized spacial score (nSPS) is 10.0. The van der Waals surface area contributed by atoms with Gasteiger partial charge in [-0.05, 0) is 41.8 Å². The molecular formula is C20H15N3. The van der Waals surface area contributed by atoms with Gasteiger partial charge in [-0.15, -0.1) is 6.58 Å². The molecule has 0 amide bonds. The van der Waals surface area contributed by atoms with Crippen LogP contribution in [-0.2, 0) is 6.42 Å². The molecule has 0 saturated carbocycles. The first-order valence-corrected chi connectivity index (χ1v) is 7.33. The number of hydrogen-bond acceptors (Lipinski definition) is 3. The van der Waals surface area contributed by atoms with E-state index >= 15 is 0 Å². The fourth-order valence-electron chi connectivity index (χ4n) is 2.32. The van der Waals surface area contributed by atoms with Gasteiger partial charge in [0, 0.05) is 23.5 Å². The molecule has 3 nitrogen and oxygen atoms in total. The lowest BCUT2D eigenvalue weighted by molar-refractivity contribution is 1.18. The molecule has 2 aromatic carbocycles. The highest BCUT2D eigenvalue weighted by atomic mass is 14.9. The van der Waals surface area contributed by atoms with Crippen LogP contribution < -0.4 is 0 Å². The van der Waals surface area contributed by atoms with E-state index in [0.717, 1.165) is 23.1 Å². The Kier molecular flexibility index (Phi) is 4.26. The van der Waals surface area contributed by atoms with E-state index in [4.69, 9.17) is 5.26 Å². The first kappa shape index (κ1) is 14.7. The predicted octanol–water partition coefficient (Wildman–Crippen LogP) is 4.41. The van der Waals surface area contributed by atoms with Crippen molar-refractivity contribution >= 4 is 0 Å². The molecule has 0 spiro atoms. The third-order valence-corrected chi connectivity index (χ3v) is 3.59. The van der Waals surface area contributed by atoms with Crippen LogP contribution in [-0.4, -0.2) is 9.97 Å². The number of hydrogen-bond donors (Lipinski definition) is 0. The van der Waals surface area contributed by atoms with Gasteiger partial charge in [-0.2, -0.15) is 5.26 Å². The highest BCUT2D eigenvalue weighted by molar-refractivity contribution is 5.64. The predicted molar refractivity (Wildman–Crippen MR) is 91.5 cm³/mol. The Morgan fingerprint density at radius 3 is 2.04 bits per heavy atom. The number of nitrogens with zero attached hydrogens (tertiary/aromatic N) is 3. The highest BCUT2D eigenvalue weighted by Gasteiger charge is 2.03. The van der Waals surface area contributed by atoms with Crippen LogP contribution in [0.25, 0.3) is 22.5 Å². The highest BCUT2D eigenvalue weighted by Crippen LogP contribution is 2.21. The summed E-state index contributed by atoms with van der Waals surface area (Å²) in [5.74, 6) is 0.654. The zero-order chi connectivity index (χ0) is 16.1. The Morgan fingerprint density at radius 1 is 0.870 bits per heavy atom. The maximum atomic E-state index is 8.83. The zero-order valence-electron chi connectivity index (χ0n) is 12.6. The van der Waals surface area contributed by atoms with Crippen LogP contribution in [0.1, 0.15) is 11.1 Å². The first-order chi connectivity index (χ1) is 11.3. The number of nitriles is 1. The topological polar surface area (TPSA) is 49.6 Å². The van der Waals surface area contributed by atoms with Crippen LogP contribution in [0, 0.1) is 11.3 Å². The zero-order valence-corrected chi connectivity index (χ0v) is 12.6. The lowest BCUT2D eigenvalue weighted by Gasteiger charge is -2.04. The van der Waals surface area contributed by atoms with Gasteiger partial charge in [-0.3, -0.25) is 0 Å². The van der Waals surface area contributed by atoms with Crippen molar-refractivity contribution in [2.24, 2.45) is 0 Å². The molecule has 0 bridgehead atoms. The van der Waals surface area contributed by atoms with Gasteiger partial charge in [0.15, 0.2) is 5.82 Å². The van der Waals surface area contributed by atoms with E-state index in [-0.39, 0.29) is 0 Å². The third-order valence-electron chi connectivity index (χ3n) is 3.59. The number of allylic oxidation sites excluding steroid dienone is 1. The first-order valence-electron chi connectivity index (χ1n) is 7.33. The van der Waals surface area contributed by atoms with Gasteiger partial charge in [0.1, 0.15) is 0 Å². The van der Waals surface area contributed by atoms with Crippen molar-refractivity contribution in [1.82, 2.24) is 9.97 Å². The molecule has 0 saturated heterocycles. The second kappa shape index (κ2) is 6.67. The van der Waals surface area contributed by atoms with E-state index in [1.165, 1.54) is 5.56 Å². The molecule has 1 aromatic heterocycles. The van der Waals surface area contributed by atoms with Crippen LogP contribution in [0.2, 0.25) is 0 Å². The van der Waals surface area contributed by atoms with E-state index in [2.05, 4.69) is 46.9 Å². The Bertz CT molecular complexity index is 839. The monoisotopic (exact) mass is 297 g/mol. The van der Waals surface area contributed by atoms with Crippen molar-refractivity contribution in [3.8, 4) is 28.6 Å². The van der Waals surface area contributed by atoms with Gasteiger partial charge < -0.3 is 0 Å². The van der Waals surface area contributed by atoms with Crippen molar-refractivity contribution in [3.63, 3.8) is 0 Å². The lowest BCUT2D eigenvalue weighted by atomic mass is 10.1. The van der Waals surface area contributed by atoms with E-state index in [1.807, 2.05) is 30.6 Å². The summed E-state index contributed by atoms with van der Waals surface area (Å²) < 4.78 is 0. The second-order valence-corrected chi connectivity index (χ2v) is 5.17. The van der Waals surface area contributed by atoms with Gasteiger partial charge in [0.05, 0.1) is 11.6 Å². The molecule has 110 valence electrons. The molecule has 0 atom stereocenters. The molecule has 3 rings (SSSR count). The van der Waals surface area contributed by atoms with E-state index in [9.17, 15) is 0 Å². The average molecular weight is 297 g/mol. The molecule has 0 N–H and O–H groups in total. The maximum absolute atomic E-state index is 8.83. The van der Waals surface area contributed by atoms with Gasteiger partial charge in [-0.25, -0.2) is 9.97 Å². The molecule has 23 heavy (non-hydrogen) atoms. The maximum Gasteiger partial charge on any atom is 0.159 e. The van der Waals surface area contributed by atoms with Gasteiger partial charge in [0.2, 0.25) is 0 Å². The summed E-state index contributed by atoms with van der Waals surface area (Å²) in [7, 11) is 0. The summed E-state index contributed by atoms with van der Waals surface area (Å²) in [6, 6.07) is 17.7. The molecule has 0 aliphatic heterocycles. The minimum absolute atomic E-state index is 0.630. The molecule has 0 fully saturated rings. The number of benzene rings is 2. The molecule has 1 heterocycles. The molecule has 0 unspecified atom stereocenters. The summed E-state index contributed by atoms with van der Waals surface area (Å²) in [4.78, 5) is 8.86. The van der Waals surface area contributed by atoms with Crippen molar-refractivity contribution in [3.05, 3.63) is 84.7 Å². The molecule has 0 radical (unpaired) electrons. The Hall–Kier alpha value is -3.25. The minimum atomic E-state index is 0.630. The van der Waals surface area contributed by atoms with Crippen molar-refractivity contribution < 1.29 is 0 Å². The van der Waals surface area contributed by atoms with Crippen LogP contribution in [0.15, 0.2) is 73.6 Å².